The summed E-state index contributed by atoms with van der Waals surface area (Å²) < 4.78 is 0. The molecule has 1 aliphatic carbocycles. The van der Waals surface area contributed by atoms with Gasteiger partial charge in [-0.3, -0.25) is 4.79 Å². The van der Waals surface area contributed by atoms with Crippen LogP contribution in [-0.4, -0.2) is 12.5 Å². The van der Waals surface area contributed by atoms with Gasteiger partial charge in [0, 0.05) is 19.4 Å². The Labute approximate surface area is 98.5 Å². The van der Waals surface area contributed by atoms with Crippen LogP contribution < -0.4 is 5.32 Å². The molecule has 0 radical (unpaired) electrons. The first-order chi connectivity index (χ1) is 7.83. The second-order valence-corrected chi connectivity index (χ2v) is 4.30. The summed E-state index contributed by atoms with van der Waals surface area (Å²) in [6.07, 6.45) is 15.5. The molecule has 2 nitrogen and oxygen atoms in total. The van der Waals surface area contributed by atoms with Crippen molar-refractivity contribution < 1.29 is 4.79 Å². The van der Waals surface area contributed by atoms with Gasteiger partial charge >= 0.3 is 0 Å². The van der Waals surface area contributed by atoms with Crippen LogP contribution in [0.25, 0.3) is 0 Å². The summed E-state index contributed by atoms with van der Waals surface area (Å²) in [5, 5.41) is 2.94. The van der Waals surface area contributed by atoms with Crippen LogP contribution in [0.2, 0.25) is 0 Å². The maximum absolute atomic E-state index is 11.6. The van der Waals surface area contributed by atoms with Crippen LogP contribution >= 0.6 is 0 Å². The third kappa shape index (κ3) is 5.60. The summed E-state index contributed by atoms with van der Waals surface area (Å²) >= 11 is 0. The molecule has 0 aromatic carbocycles. The van der Waals surface area contributed by atoms with E-state index in [9.17, 15) is 4.79 Å². The van der Waals surface area contributed by atoms with Crippen LogP contribution in [0.15, 0.2) is 11.6 Å². The monoisotopic (exact) mass is 219 g/mol. The molecule has 16 heavy (non-hydrogen) atoms. The predicted molar refractivity (Wildman–Crippen MR) is 66.9 cm³/mol. The summed E-state index contributed by atoms with van der Waals surface area (Å²) in [4.78, 5) is 11.6. The van der Waals surface area contributed by atoms with E-state index in [1.807, 2.05) is 0 Å². The van der Waals surface area contributed by atoms with Gasteiger partial charge in [-0.05, 0) is 38.5 Å². The van der Waals surface area contributed by atoms with E-state index in [1.165, 1.54) is 18.4 Å². The minimum Gasteiger partial charge on any atom is -0.356 e. The molecule has 1 rings (SSSR count). The van der Waals surface area contributed by atoms with Gasteiger partial charge in [0.2, 0.25) is 5.91 Å². The molecule has 0 aromatic heterocycles. The Morgan fingerprint density at radius 2 is 2.31 bits per heavy atom. The molecular weight excluding hydrogens is 198 g/mol. The predicted octanol–water partition coefficient (Wildman–Crippen LogP) is 2.80. The smallest absolute Gasteiger partial charge is 0.224 e. The summed E-state index contributed by atoms with van der Waals surface area (Å²) in [5.41, 5.74) is 1.31. The number of unbranched alkanes of at least 4 members (excludes halogenated alkanes) is 2. The highest BCUT2D eigenvalue weighted by Gasteiger charge is 2.08. The first-order valence-corrected chi connectivity index (χ1v) is 6.21. The van der Waals surface area contributed by atoms with E-state index in [-0.39, 0.29) is 5.91 Å². The van der Waals surface area contributed by atoms with Crippen molar-refractivity contribution in [3.8, 4) is 12.3 Å². The number of amides is 1. The molecule has 0 bridgehead atoms. The molecule has 0 saturated carbocycles. The van der Waals surface area contributed by atoms with Crippen molar-refractivity contribution in [2.75, 3.05) is 6.54 Å². The maximum Gasteiger partial charge on any atom is 0.224 e. The largest absolute Gasteiger partial charge is 0.356 e. The van der Waals surface area contributed by atoms with Gasteiger partial charge in [0.25, 0.3) is 0 Å². The van der Waals surface area contributed by atoms with E-state index in [0.717, 1.165) is 38.6 Å². The van der Waals surface area contributed by atoms with Gasteiger partial charge in [-0.15, -0.1) is 12.3 Å². The number of hydrogen-bond donors (Lipinski definition) is 1. The number of hydrogen-bond acceptors (Lipinski definition) is 1. The zero-order valence-electron chi connectivity index (χ0n) is 9.93. The molecule has 1 amide bonds. The lowest BCUT2D eigenvalue weighted by Crippen LogP contribution is -2.24. The second kappa shape index (κ2) is 7.98. The number of allylic oxidation sites excluding steroid dienone is 1. The van der Waals surface area contributed by atoms with Crippen molar-refractivity contribution in [3.63, 3.8) is 0 Å². The Kier molecular flexibility index (Phi) is 6.41. The molecule has 2 heteroatoms. The van der Waals surface area contributed by atoms with Crippen LogP contribution in [-0.2, 0) is 4.79 Å². The highest BCUT2D eigenvalue weighted by Crippen LogP contribution is 2.19. The normalized spacial score (nSPS) is 15.1. The molecule has 88 valence electrons. The Hall–Kier alpha value is -1.23. The van der Waals surface area contributed by atoms with Gasteiger partial charge in [0.15, 0.2) is 0 Å². The van der Waals surface area contributed by atoms with Crippen molar-refractivity contribution in [2.24, 2.45) is 0 Å². The van der Waals surface area contributed by atoms with Crippen molar-refractivity contribution in [2.45, 2.75) is 51.4 Å². The molecule has 0 atom stereocenters. The molecule has 0 aromatic rings. The second-order valence-electron chi connectivity index (χ2n) is 4.30. The zero-order valence-corrected chi connectivity index (χ0v) is 9.93. The van der Waals surface area contributed by atoms with Gasteiger partial charge in [-0.2, -0.15) is 0 Å². The van der Waals surface area contributed by atoms with E-state index in [2.05, 4.69) is 17.3 Å². The van der Waals surface area contributed by atoms with Gasteiger partial charge in [0.05, 0.1) is 0 Å². The maximum atomic E-state index is 11.6. The van der Waals surface area contributed by atoms with Crippen LogP contribution in [0.3, 0.4) is 0 Å². The Morgan fingerprint density at radius 3 is 3.00 bits per heavy atom. The minimum absolute atomic E-state index is 0.161. The fourth-order valence-corrected chi connectivity index (χ4v) is 1.91. The van der Waals surface area contributed by atoms with Gasteiger partial charge < -0.3 is 5.32 Å². The Morgan fingerprint density at radius 1 is 1.44 bits per heavy atom. The van der Waals surface area contributed by atoms with Crippen molar-refractivity contribution in [1.29, 1.82) is 0 Å². The summed E-state index contributed by atoms with van der Waals surface area (Å²) in [6.45, 7) is 0.758. The summed E-state index contributed by atoms with van der Waals surface area (Å²) in [7, 11) is 0. The molecular formula is C14H21NO. The molecule has 0 saturated heterocycles. The number of terminal acetylenes is 1. The third-order valence-electron chi connectivity index (χ3n) is 2.84. The number of carbonyl (C=O) groups is 1. The van der Waals surface area contributed by atoms with Crippen molar-refractivity contribution in [1.82, 2.24) is 5.32 Å². The summed E-state index contributed by atoms with van der Waals surface area (Å²) in [6, 6.07) is 0. The van der Waals surface area contributed by atoms with Crippen molar-refractivity contribution >= 4 is 5.91 Å². The molecule has 1 N–H and O–H groups in total. The lowest BCUT2D eigenvalue weighted by molar-refractivity contribution is -0.120. The molecule has 1 aliphatic rings. The van der Waals surface area contributed by atoms with E-state index in [4.69, 9.17) is 6.42 Å². The number of rotatable bonds is 6. The lowest BCUT2D eigenvalue weighted by atomic mass is 9.97. The fraction of sp³-hybridized carbons (Fsp3) is 0.643. The molecule has 0 spiro atoms. The molecule has 0 unspecified atom stereocenters. The highest BCUT2D eigenvalue weighted by atomic mass is 16.1. The molecule has 0 fully saturated rings. The lowest BCUT2D eigenvalue weighted by Gasteiger charge is -2.12. The first-order valence-electron chi connectivity index (χ1n) is 6.21. The molecule has 0 aliphatic heterocycles. The van der Waals surface area contributed by atoms with Crippen LogP contribution in [0.5, 0.6) is 0 Å². The van der Waals surface area contributed by atoms with E-state index in [0.29, 0.717) is 6.42 Å². The van der Waals surface area contributed by atoms with Crippen molar-refractivity contribution in [3.05, 3.63) is 11.6 Å². The van der Waals surface area contributed by atoms with Crippen LogP contribution in [0.4, 0.5) is 0 Å². The SMILES string of the molecule is C#CCCCCNC(=O)CC1=CCCCC1. The quantitative estimate of drug-likeness (QED) is 0.415. The first kappa shape index (κ1) is 12.8. The Balaban J connectivity index is 2.06. The average Bonchev–Trinajstić information content (AvgIpc) is 2.30. The standard InChI is InChI=1S/C14H21NO/c1-2-3-4-8-11-15-14(16)12-13-9-6-5-7-10-13/h1,9H,3-8,10-12H2,(H,15,16). The van der Waals surface area contributed by atoms with E-state index < -0.39 is 0 Å². The fourth-order valence-electron chi connectivity index (χ4n) is 1.91. The van der Waals surface area contributed by atoms with Gasteiger partial charge in [0.1, 0.15) is 0 Å². The van der Waals surface area contributed by atoms with E-state index in [1.54, 1.807) is 0 Å². The van der Waals surface area contributed by atoms with E-state index >= 15 is 0 Å². The third-order valence-corrected chi connectivity index (χ3v) is 2.84. The highest BCUT2D eigenvalue weighted by molar-refractivity contribution is 5.78. The van der Waals surface area contributed by atoms with Gasteiger partial charge in [-0.25, -0.2) is 0 Å². The Bertz CT molecular complexity index is 286. The summed E-state index contributed by atoms with van der Waals surface area (Å²) in [5.74, 6) is 2.76. The van der Waals surface area contributed by atoms with Gasteiger partial charge in [-0.1, -0.05) is 11.6 Å². The number of nitrogens with one attached hydrogen (secondary N) is 1. The minimum atomic E-state index is 0.161. The van der Waals surface area contributed by atoms with Crippen LogP contribution in [0.1, 0.15) is 51.4 Å². The number of carbonyl (C=O) groups excluding carboxylic acids is 1. The average molecular weight is 219 g/mol. The topological polar surface area (TPSA) is 29.1 Å². The van der Waals surface area contributed by atoms with Crippen LogP contribution in [0, 0.1) is 12.3 Å². The molecule has 0 heterocycles. The zero-order chi connectivity index (χ0) is 11.6.